The summed E-state index contributed by atoms with van der Waals surface area (Å²) in [6, 6.07) is 14.3. The van der Waals surface area contributed by atoms with Crippen molar-refractivity contribution in [1.82, 2.24) is 9.88 Å². The quantitative estimate of drug-likeness (QED) is 0.681. The number of benzene rings is 1. The van der Waals surface area contributed by atoms with Crippen molar-refractivity contribution in [2.75, 3.05) is 13.1 Å². The number of piperidine rings is 1. The minimum Gasteiger partial charge on any atom is -0.440 e. The van der Waals surface area contributed by atoms with Gasteiger partial charge in [0.25, 0.3) is 0 Å². The Morgan fingerprint density at radius 3 is 2.67 bits per heavy atom. The monoisotopic (exact) mass is 382 g/mol. The van der Waals surface area contributed by atoms with Gasteiger partial charge < -0.3 is 9.52 Å². The summed E-state index contributed by atoms with van der Waals surface area (Å²) in [5, 5.41) is 12.7. The molecule has 0 spiro atoms. The lowest BCUT2D eigenvalue weighted by molar-refractivity contribution is 0.0572. The Labute approximate surface area is 164 Å². The molecule has 1 fully saturated rings. The van der Waals surface area contributed by atoms with E-state index in [1.165, 1.54) is 5.56 Å². The van der Waals surface area contributed by atoms with Crippen LogP contribution in [0.5, 0.6) is 0 Å². The van der Waals surface area contributed by atoms with Gasteiger partial charge in [0, 0.05) is 6.54 Å². The zero-order chi connectivity index (χ0) is 18.6. The van der Waals surface area contributed by atoms with Gasteiger partial charge in [-0.1, -0.05) is 36.4 Å². The first-order valence-electron chi connectivity index (χ1n) is 9.63. The number of hydrogen-bond acceptors (Lipinski definition) is 5. The van der Waals surface area contributed by atoms with Gasteiger partial charge in [0.2, 0.25) is 5.89 Å². The molecule has 3 aromatic rings. The number of aliphatic hydroxyl groups is 1. The van der Waals surface area contributed by atoms with Crippen LogP contribution in [-0.4, -0.2) is 34.2 Å². The molecule has 4 nitrogen and oxygen atoms in total. The summed E-state index contributed by atoms with van der Waals surface area (Å²) in [5.74, 6) is 2.01. The summed E-state index contributed by atoms with van der Waals surface area (Å²) in [5.41, 5.74) is 2.24. The molecule has 142 valence electrons. The number of oxazole rings is 1. The predicted octanol–water partition coefficient (Wildman–Crippen LogP) is 4.53. The molecule has 5 heteroatoms. The minimum atomic E-state index is -0.256. The Morgan fingerprint density at radius 2 is 1.96 bits per heavy atom. The molecule has 27 heavy (non-hydrogen) atoms. The second kappa shape index (κ2) is 8.38. The van der Waals surface area contributed by atoms with Crippen LogP contribution >= 0.6 is 11.3 Å². The molecular formula is C22H26N2O2S. The van der Waals surface area contributed by atoms with Gasteiger partial charge >= 0.3 is 0 Å². The largest absolute Gasteiger partial charge is 0.440 e. The molecule has 0 saturated carbocycles. The first-order valence-corrected chi connectivity index (χ1v) is 10.5. The summed E-state index contributed by atoms with van der Waals surface area (Å²) in [4.78, 5) is 8.21. The molecule has 2 aromatic heterocycles. The average molecular weight is 383 g/mol. The maximum Gasteiger partial charge on any atom is 0.236 e. The molecule has 1 aliphatic heterocycles. The summed E-state index contributed by atoms with van der Waals surface area (Å²) >= 11 is 1.65. The molecule has 0 unspecified atom stereocenters. The third kappa shape index (κ3) is 4.49. The second-order valence-corrected chi connectivity index (χ2v) is 8.32. The highest BCUT2D eigenvalue weighted by atomic mass is 32.1. The normalized spacial score (nSPS) is 17.3. The number of aromatic nitrogens is 1. The smallest absolute Gasteiger partial charge is 0.236 e. The Balaban J connectivity index is 1.31. The van der Waals surface area contributed by atoms with Gasteiger partial charge in [-0.2, -0.15) is 0 Å². The highest BCUT2D eigenvalue weighted by Crippen LogP contribution is 2.28. The van der Waals surface area contributed by atoms with Crippen LogP contribution in [-0.2, 0) is 13.0 Å². The molecule has 0 radical (unpaired) electrons. The van der Waals surface area contributed by atoms with E-state index in [1.807, 2.05) is 42.6 Å². The Bertz CT molecular complexity index is 837. The fraction of sp³-hybridized carbons (Fsp3) is 0.409. The van der Waals surface area contributed by atoms with Crippen LogP contribution < -0.4 is 0 Å². The van der Waals surface area contributed by atoms with Crippen LogP contribution in [0.25, 0.3) is 10.8 Å². The number of aliphatic hydroxyl groups excluding tert-OH is 1. The molecule has 3 heterocycles. The number of aryl methyl sites for hydroxylation is 1. The van der Waals surface area contributed by atoms with Gasteiger partial charge in [-0.15, -0.1) is 11.3 Å². The maximum atomic E-state index is 10.6. The molecule has 0 amide bonds. The van der Waals surface area contributed by atoms with E-state index in [1.54, 1.807) is 11.3 Å². The molecule has 1 atom stereocenters. The molecule has 1 N–H and O–H groups in total. The van der Waals surface area contributed by atoms with Crippen molar-refractivity contribution in [3.63, 3.8) is 0 Å². The van der Waals surface area contributed by atoms with E-state index in [2.05, 4.69) is 17.0 Å². The fourth-order valence-corrected chi connectivity index (χ4v) is 4.46. The summed E-state index contributed by atoms with van der Waals surface area (Å²) in [6.45, 7) is 4.81. The van der Waals surface area contributed by atoms with Gasteiger partial charge in [0.05, 0.1) is 16.7 Å². The number of rotatable bonds is 6. The van der Waals surface area contributed by atoms with Crippen molar-refractivity contribution in [1.29, 1.82) is 0 Å². The van der Waals surface area contributed by atoms with Crippen molar-refractivity contribution in [3.8, 4) is 10.8 Å². The highest BCUT2D eigenvalue weighted by Gasteiger charge is 2.26. The van der Waals surface area contributed by atoms with Gasteiger partial charge in [-0.05, 0) is 62.2 Å². The zero-order valence-corrected chi connectivity index (χ0v) is 16.5. The molecule has 1 aromatic carbocycles. The van der Waals surface area contributed by atoms with Crippen LogP contribution in [0.1, 0.15) is 29.9 Å². The topological polar surface area (TPSA) is 49.5 Å². The van der Waals surface area contributed by atoms with E-state index in [9.17, 15) is 5.11 Å². The third-order valence-electron chi connectivity index (χ3n) is 5.46. The lowest BCUT2D eigenvalue weighted by atomic mass is 9.88. The van der Waals surface area contributed by atoms with E-state index in [0.717, 1.165) is 61.1 Å². The molecule has 0 bridgehead atoms. The number of hydrogen-bond donors (Lipinski definition) is 1. The van der Waals surface area contributed by atoms with Gasteiger partial charge in [0.1, 0.15) is 5.76 Å². The van der Waals surface area contributed by atoms with Crippen molar-refractivity contribution < 1.29 is 9.52 Å². The Kier molecular flexibility index (Phi) is 5.72. The fourth-order valence-electron chi connectivity index (χ4n) is 3.81. The van der Waals surface area contributed by atoms with Gasteiger partial charge in [-0.3, -0.25) is 4.90 Å². The van der Waals surface area contributed by atoms with Crippen molar-refractivity contribution in [3.05, 3.63) is 64.9 Å². The summed E-state index contributed by atoms with van der Waals surface area (Å²) in [7, 11) is 0. The predicted molar refractivity (Wildman–Crippen MR) is 109 cm³/mol. The van der Waals surface area contributed by atoms with Crippen LogP contribution in [0, 0.1) is 12.8 Å². The Hall–Kier alpha value is -1.95. The number of likely N-dealkylation sites (tertiary alicyclic amines) is 1. The highest BCUT2D eigenvalue weighted by molar-refractivity contribution is 7.13. The lowest BCUT2D eigenvalue weighted by Gasteiger charge is -2.34. The van der Waals surface area contributed by atoms with Crippen LogP contribution in [0.15, 0.2) is 52.3 Å². The van der Waals surface area contributed by atoms with E-state index >= 15 is 0 Å². The zero-order valence-electron chi connectivity index (χ0n) is 15.7. The van der Waals surface area contributed by atoms with Crippen LogP contribution in [0.3, 0.4) is 0 Å². The van der Waals surface area contributed by atoms with Gasteiger partial charge in [-0.25, -0.2) is 4.98 Å². The molecule has 4 rings (SSSR count). The summed E-state index contributed by atoms with van der Waals surface area (Å²) < 4.78 is 5.86. The minimum absolute atomic E-state index is 0.256. The molecule has 1 aliphatic rings. The number of nitrogens with zero attached hydrogens (tertiary/aromatic N) is 2. The molecule has 0 aliphatic carbocycles. The van der Waals surface area contributed by atoms with Crippen molar-refractivity contribution in [2.24, 2.45) is 5.92 Å². The van der Waals surface area contributed by atoms with Crippen molar-refractivity contribution in [2.45, 2.75) is 38.8 Å². The maximum absolute atomic E-state index is 10.6. The molecular weight excluding hydrogens is 356 g/mol. The second-order valence-electron chi connectivity index (χ2n) is 7.37. The number of thiophene rings is 1. The van der Waals surface area contributed by atoms with E-state index in [4.69, 9.17) is 9.40 Å². The third-order valence-corrected chi connectivity index (χ3v) is 6.32. The SMILES string of the molecule is Cc1oc(-c2cccs2)nc1CN1CCC([C@@H](O)Cc2ccccc2)CC1. The van der Waals surface area contributed by atoms with Crippen LogP contribution in [0.4, 0.5) is 0 Å². The van der Waals surface area contributed by atoms with E-state index < -0.39 is 0 Å². The van der Waals surface area contributed by atoms with Crippen LogP contribution in [0.2, 0.25) is 0 Å². The first kappa shape index (κ1) is 18.4. The van der Waals surface area contributed by atoms with Crippen molar-refractivity contribution >= 4 is 11.3 Å². The average Bonchev–Trinajstić information content (AvgIpc) is 3.34. The first-order chi connectivity index (χ1) is 13.2. The summed E-state index contributed by atoms with van der Waals surface area (Å²) in [6.07, 6.45) is 2.55. The van der Waals surface area contributed by atoms with E-state index in [-0.39, 0.29) is 6.10 Å². The standard InChI is InChI=1S/C22H26N2O2S/c1-16-19(23-22(26-16)21-8-5-13-27-21)15-24-11-9-18(10-12-24)20(25)14-17-6-3-2-4-7-17/h2-8,13,18,20,25H,9-12,14-15H2,1H3/t20-/m0/s1. The molecule has 1 saturated heterocycles. The van der Waals surface area contributed by atoms with Gasteiger partial charge in [0.15, 0.2) is 0 Å². The van der Waals surface area contributed by atoms with E-state index in [0.29, 0.717) is 5.92 Å². The Morgan fingerprint density at radius 1 is 1.19 bits per heavy atom. The lowest BCUT2D eigenvalue weighted by Crippen LogP contribution is -2.38.